The third kappa shape index (κ3) is 2.61. The van der Waals surface area contributed by atoms with Gasteiger partial charge >= 0.3 is 0 Å². The van der Waals surface area contributed by atoms with E-state index in [2.05, 4.69) is 41.4 Å². The zero-order chi connectivity index (χ0) is 20.5. The maximum atomic E-state index is 13.7. The molecule has 4 unspecified atom stereocenters. The van der Waals surface area contributed by atoms with Gasteiger partial charge in [-0.1, -0.05) is 0 Å². The first-order valence-electron chi connectivity index (χ1n) is 10.1. The summed E-state index contributed by atoms with van der Waals surface area (Å²) in [5.41, 5.74) is 2.10. The van der Waals surface area contributed by atoms with E-state index in [4.69, 9.17) is 0 Å². The molecule has 1 N–H and O–H groups in total. The summed E-state index contributed by atoms with van der Waals surface area (Å²) in [5, 5.41) is 12.0. The molecule has 30 heavy (non-hydrogen) atoms. The zero-order valence-corrected chi connectivity index (χ0v) is 18.0. The largest absolute Gasteiger partial charge is 0.365 e. The number of carbonyl (C=O) groups is 1. The van der Waals surface area contributed by atoms with Gasteiger partial charge in [-0.25, -0.2) is 9.97 Å². The van der Waals surface area contributed by atoms with Crippen LogP contribution in [0.5, 0.6) is 0 Å². The number of nitrogens with one attached hydrogen (secondary N) is 1. The van der Waals surface area contributed by atoms with Crippen molar-refractivity contribution < 1.29 is 4.79 Å². The van der Waals surface area contributed by atoms with Crippen LogP contribution in [0.15, 0.2) is 47.3 Å². The number of halogens is 1. The maximum Gasteiger partial charge on any atom is 0.275 e. The van der Waals surface area contributed by atoms with Crippen LogP contribution < -0.4 is 5.32 Å². The minimum atomic E-state index is -0.0437. The molecule has 1 saturated heterocycles. The van der Waals surface area contributed by atoms with Crippen LogP contribution >= 0.6 is 15.9 Å². The molecule has 3 aromatic rings. The number of aryl methyl sites for hydroxylation is 1. The quantitative estimate of drug-likeness (QED) is 0.636. The fourth-order valence-electron chi connectivity index (χ4n) is 5.35. The van der Waals surface area contributed by atoms with Crippen LogP contribution in [0.1, 0.15) is 29.0 Å². The van der Waals surface area contributed by atoms with Crippen molar-refractivity contribution in [2.24, 2.45) is 11.3 Å². The number of hydrogen-bond acceptors (Lipinski definition) is 6. The zero-order valence-electron chi connectivity index (χ0n) is 16.4. The van der Waals surface area contributed by atoms with Crippen LogP contribution in [-0.2, 0) is 0 Å². The summed E-state index contributed by atoms with van der Waals surface area (Å²) in [7, 11) is 0. The normalized spacial score (nSPS) is 28.5. The molecule has 3 aromatic heterocycles. The summed E-state index contributed by atoms with van der Waals surface area (Å²) in [4.78, 5) is 26.2. The Morgan fingerprint density at radius 2 is 2.03 bits per heavy atom. The minimum Gasteiger partial charge on any atom is -0.365 e. The van der Waals surface area contributed by atoms with E-state index in [1.807, 2.05) is 36.1 Å². The molecule has 1 aliphatic heterocycles. The van der Waals surface area contributed by atoms with Crippen molar-refractivity contribution in [3.05, 3.63) is 58.7 Å². The molecular weight excluding hydrogens is 446 g/mol. The van der Waals surface area contributed by atoms with Gasteiger partial charge in [-0.05, 0) is 71.3 Å². The number of likely N-dealkylation sites (tertiary alicyclic amines) is 1. The fraction of sp³-hybridized carbons (Fsp3) is 0.381. The van der Waals surface area contributed by atoms with E-state index in [0.29, 0.717) is 17.3 Å². The molecule has 0 bridgehead atoms. The summed E-state index contributed by atoms with van der Waals surface area (Å²) in [5.74, 6) is 1.39. The molecule has 6 rings (SSSR count). The number of piperidine rings is 1. The van der Waals surface area contributed by atoms with Crippen LogP contribution in [0.4, 0.5) is 5.82 Å². The van der Waals surface area contributed by atoms with Gasteiger partial charge in [-0.3, -0.25) is 4.79 Å². The predicted molar refractivity (Wildman–Crippen MR) is 113 cm³/mol. The van der Waals surface area contributed by atoms with Crippen LogP contribution in [0, 0.1) is 18.3 Å². The van der Waals surface area contributed by atoms with Gasteiger partial charge in [0.05, 0.1) is 18.4 Å². The number of hydrogen-bond donors (Lipinski definition) is 1. The topological polar surface area (TPSA) is 88.8 Å². The number of anilines is 1. The lowest BCUT2D eigenvalue weighted by Gasteiger charge is -2.48. The first-order chi connectivity index (χ1) is 14.5. The molecule has 3 aliphatic rings. The van der Waals surface area contributed by atoms with Gasteiger partial charge in [0.15, 0.2) is 5.69 Å². The number of rotatable bonds is 4. The molecule has 4 heterocycles. The smallest absolute Gasteiger partial charge is 0.275 e. The third-order valence-corrected chi connectivity index (χ3v) is 7.24. The van der Waals surface area contributed by atoms with Crippen molar-refractivity contribution in [1.29, 1.82) is 0 Å². The van der Waals surface area contributed by atoms with E-state index in [1.54, 1.807) is 18.6 Å². The van der Waals surface area contributed by atoms with Crippen LogP contribution in [0.3, 0.4) is 0 Å². The van der Waals surface area contributed by atoms with Crippen molar-refractivity contribution >= 4 is 27.7 Å². The highest BCUT2D eigenvalue weighted by atomic mass is 79.9. The number of carbonyl (C=O) groups excluding carboxylic acids is 1. The van der Waals surface area contributed by atoms with Crippen molar-refractivity contribution in [1.82, 2.24) is 29.9 Å². The average Bonchev–Trinajstić information content (AvgIpc) is 3.10. The Kier molecular flexibility index (Phi) is 3.80. The van der Waals surface area contributed by atoms with Gasteiger partial charge in [0.25, 0.3) is 5.91 Å². The molecule has 152 valence electrons. The number of nitrogens with zero attached hydrogens (tertiary/aromatic N) is 6. The maximum absolute atomic E-state index is 13.7. The Morgan fingerprint density at radius 3 is 2.80 bits per heavy atom. The highest BCUT2D eigenvalue weighted by Crippen LogP contribution is 2.71. The van der Waals surface area contributed by atoms with Crippen molar-refractivity contribution in [3.63, 3.8) is 0 Å². The Hall–Kier alpha value is -2.81. The van der Waals surface area contributed by atoms with Gasteiger partial charge < -0.3 is 10.2 Å². The lowest BCUT2D eigenvalue weighted by molar-refractivity contribution is 0.0465. The van der Waals surface area contributed by atoms with Gasteiger partial charge in [0, 0.05) is 29.0 Å². The highest BCUT2D eigenvalue weighted by Gasteiger charge is 2.75. The van der Waals surface area contributed by atoms with Crippen LogP contribution in [-0.4, -0.2) is 54.4 Å². The van der Waals surface area contributed by atoms with Gasteiger partial charge in [-0.15, -0.1) is 4.80 Å². The molecule has 0 aromatic carbocycles. The summed E-state index contributed by atoms with van der Waals surface area (Å²) >= 11 is 3.42. The molecular formula is C21H20BrN7O. The van der Waals surface area contributed by atoms with Crippen LogP contribution in [0.25, 0.3) is 5.69 Å². The second-order valence-electron chi connectivity index (χ2n) is 8.49. The van der Waals surface area contributed by atoms with Crippen LogP contribution in [0.2, 0.25) is 0 Å². The van der Waals surface area contributed by atoms with Gasteiger partial charge in [-0.2, -0.15) is 10.2 Å². The Labute approximate surface area is 181 Å². The monoisotopic (exact) mass is 465 g/mol. The fourth-order valence-corrected chi connectivity index (χ4v) is 5.59. The second kappa shape index (κ2) is 6.34. The summed E-state index contributed by atoms with van der Waals surface area (Å²) < 4.78 is 0.948. The summed E-state index contributed by atoms with van der Waals surface area (Å²) in [6.07, 6.45) is 7.28. The summed E-state index contributed by atoms with van der Waals surface area (Å²) in [6.45, 7) is 2.68. The molecule has 4 atom stereocenters. The SMILES string of the molecule is Cc1ccc(-n2nccn2)c(C(=O)N2CC3CC34CC(Nc3ccc(Br)cn3)C24)n1. The highest BCUT2D eigenvalue weighted by molar-refractivity contribution is 9.10. The second-order valence-corrected chi connectivity index (χ2v) is 9.41. The van der Waals surface area contributed by atoms with Gasteiger partial charge in [0.2, 0.25) is 0 Å². The molecule has 9 heteroatoms. The molecule has 2 saturated carbocycles. The number of pyridine rings is 2. The first kappa shape index (κ1) is 18.0. The Morgan fingerprint density at radius 1 is 1.20 bits per heavy atom. The third-order valence-electron chi connectivity index (χ3n) is 6.77. The molecule has 1 spiro atoms. The number of amides is 1. The standard InChI is InChI=1S/C21H20BrN7O/c1-12-2-4-16(29-24-6-7-25-29)18(26-12)20(30)28-11-13-8-21(13)9-15(19(21)28)27-17-5-3-14(22)10-23-17/h2-7,10,13,15,19H,8-9,11H2,1H3,(H,23,27). The number of aromatic nitrogens is 5. The van der Waals surface area contributed by atoms with E-state index < -0.39 is 0 Å². The first-order valence-corrected chi connectivity index (χ1v) is 10.9. The van der Waals surface area contributed by atoms with E-state index in [1.165, 1.54) is 11.2 Å². The minimum absolute atomic E-state index is 0.0437. The van der Waals surface area contributed by atoms with Crippen molar-refractivity contribution in [2.75, 3.05) is 11.9 Å². The molecule has 8 nitrogen and oxygen atoms in total. The van der Waals surface area contributed by atoms with E-state index in [9.17, 15) is 4.79 Å². The lowest BCUT2D eigenvalue weighted by Crippen LogP contribution is -2.60. The Balaban J connectivity index is 1.30. The van der Waals surface area contributed by atoms with E-state index >= 15 is 0 Å². The molecule has 3 fully saturated rings. The molecule has 2 aliphatic carbocycles. The van der Waals surface area contributed by atoms with Gasteiger partial charge in [0.1, 0.15) is 11.5 Å². The lowest BCUT2D eigenvalue weighted by atomic mass is 9.71. The van der Waals surface area contributed by atoms with Crippen molar-refractivity contribution in [2.45, 2.75) is 31.8 Å². The molecule has 1 amide bonds. The predicted octanol–water partition coefficient (Wildman–Crippen LogP) is 2.84. The average molecular weight is 466 g/mol. The summed E-state index contributed by atoms with van der Waals surface area (Å²) in [6, 6.07) is 8.05. The van der Waals surface area contributed by atoms with Crippen molar-refractivity contribution in [3.8, 4) is 5.69 Å². The van der Waals surface area contributed by atoms with E-state index in [0.717, 1.165) is 29.0 Å². The van der Waals surface area contributed by atoms with E-state index in [-0.39, 0.29) is 23.4 Å². The Bertz CT molecular complexity index is 1130. The molecule has 0 radical (unpaired) electrons.